The van der Waals surface area contributed by atoms with Crippen LogP contribution in [0.5, 0.6) is 23.0 Å². The molecule has 2 aliphatic rings. The number of hydrogen-bond donors (Lipinski definition) is 5. The maximum absolute atomic E-state index is 10.3. The topological polar surface area (TPSA) is 110 Å². The first kappa shape index (κ1) is 21.0. The second-order valence-corrected chi connectivity index (χ2v) is 8.16. The van der Waals surface area contributed by atoms with E-state index in [1.807, 2.05) is 6.07 Å². The summed E-state index contributed by atoms with van der Waals surface area (Å²) in [7, 11) is 2.16. The standard InChI is InChI=1S/C17H17NO2.C8H11NO2/c1-18-8-7-10-3-2-4-12-15(10)13(18)9-11-5-6-14(19)17(20)16(11)12;9-4-3-6-1-2-7(10)8(11)5-6/h2-6,13,19-20H,7-9H2,1H3;1-2,5,10-11H,3-4,9H2/t13-;/m1./s1. The normalized spacial score (nSPS) is 16.6. The molecule has 0 aromatic heterocycles. The van der Waals surface area contributed by atoms with Gasteiger partial charge in [0.15, 0.2) is 23.0 Å². The lowest BCUT2D eigenvalue weighted by molar-refractivity contribution is 0.228. The van der Waals surface area contributed by atoms with Crippen LogP contribution in [0, 0.1) is 0 Å². The Kier molecular flexibility index (Phi) is 5.76. The van der Waals surface area contributed by atoms with Gasteiger partial charge in [-0.05, 0) is 78.9 Å². The highest BCUT2D eigenvalue weighted by atomic mass is 16.3. The molecule has 0 fully saturated rings. The van der Waals surface area contributed by atoms with Gasteiger partial charge in [0.05, 0.1) is 0 Å². The molecule has 3 aromatic rings. The molecule has 0 bridgehead atoms. The molecule has 162 valence electrons. The summed E-state index contributed by atoms with van der Waals surface area (Å²) >= 11 is 0. The average Bonchev–Trinajstić information content (AvgIpc) is 2.76. The highest BCUT2D eigenvalue weighted by Gasteiger charge is 2.34. The molecule has 0 saturated heterocycles. The van der Waals surface area contributed by atoms with Crippen LogP contribution >= 0.6 is 0 Å². The van der Waals surface area contributed by atoms with Gasteiger partial charge in [0, 0.05) is 18.2 Å². The van der Waals surface area contributed by atoms with Crippen LogP contribution in [-0.2, 0) is 19.3 Å². The summed E-state index contributed by atoms with van der Waals surface area (Å²) in [5.74, 6) is -0.201. The molecule has 0 saturated carbocycles. The quantitative estimate of drug-likeness (QED) is 0.406. The third-order valence-electron chi connectivity index (χ3n) is 6.19. The van der Waals surface area contributed by atoms with Gasteiger partial charge in [-0.15, -0.1) is 0 Å². The molecule has 6 nitrogen and oxygen atoms in total. The van der Waals surface area contributed by atoms with E-state index in [9.17, 15) is 10.2 Å². The Balaban J connectivity index is 0.000000180. The number of aromatic hydroxyl groups is 4. The van der Waals surface area contributed by atoms with Crippen molar-refractivity contribution in [2.24, 2.45) is 5.73 Å². The van der Waals surface area contributed by atoms with Crippen molar-refractivity contribution in [1.82, 2.24) is 4.90 Å². The lowest BCUT2D eigenvalue weighted by Gasteiger charge is -2.39. The van der Waals surface area contributed by atoms with Crippen molar-refractivity contribution < 1.29 is 20.4 Å². The van der Waals surface area contributed by atoms with Gasteiger partial charge in [-0.2, -0.15) is 0 Å². The van der Waals surface area contributed by atoms with E-state index < -0.39 is 0 Å². The van der Waals surface area contributed by atoms with E-state index in [1.54, 1.807) is 12.1 Å². The Morgan fingerprint density at radius 1 is 0.935 bits per heavy atom. The number of likely N-dealkylation sites (N-methyl/N-ethyl adjacent to an activating group) is 1. The van der Waals surface area contributed by atoms with Crippen molar-refractivity contribution in [2.45, 2.75) is 25.3 Å². The third-order valence-corrected chi connectivity index (χ3v) is 6.19. The van der Waals surface area contributed by atoms with E-state index in [0.29, 0.717) is 19.0 Å². The van der Waals surface area contributed by atoms with Crippen LogP contribution in [0.3, 0.4) is 0 Å². The SMILES string of the molecule is CN1CCc2cccc3c2[C@H]1Cc1ccc(O)c(O)c1-3.NCCc1ccc(O)c(O)c1. The molecule has 3 aromatic carbocycles. The highest BCUT2D eigenvalue weighted by molar-refractivity contribution is 5.82. The predicted molar refractivity (Wildman–Crippen MR) is 121 cm³/mol. The maximum atomic E-state index is 10.3. The molecule has 1 heterocycles. The molecule has 0 unspecified atom stereocenters. The van der Waals surface area contributed by atoms with E-state index >= 15 is 0 Å². The van der Waals surface area contributed by atoms with Crippen LogP contribution in [0.4, 0.5) is 0 Å². The molecular weight excluding hydrogens is 392 g/mol. The first-order valence-corrected chi connectivity index (χ1v) is 10.5. The van der Waals surface area contributed by atoms with Gasteiger partial charge in [-0.25, -0.2) is 0 Å². The molecule has 5 rings (SSSR count). The highest BCUT2D eigenvalue weighted by Crippen LogP contribution is 2.49. The van der Waals surface area contributed by atoms with Crippen molar-refractivity contribution in [3.8, 4) is 34.1 Å². The number of rotatable bonds is 2. The van der Waals surface area contributed by atoms with Gasteiger partial charge in [-0.1, -0.05) is 30.3 Å². The Bertz CT molecular complexity index is 1110. The van der Waals surface area contributed by atoms with Crippen LogP contribution in [-0.4, -0.2) is 45.5 Å². The van der Waals surface area contributed by atoms with Crippen LogP contribution in [0.15, 0.2) is 48.5 Å². The summed E-state index contributed by atoms with van der Waals surface area (Å²) in [4.78, 5) is 2.39. The third kappa shape index (κ3) is 3.92. The fourth-order valence-electron chi connectivity index (χ4n) is 4.57. The molecule has 0 amide bonds. The van der Waals surface area contributed by atoms with Crippen LogP contribution in [0.2, 0.25) is 0 Å². The van der Waals surface area contributed by atoms with E-state index in [4.69, 9.17) is 15.9 Å². The molecule has 0 spiro atoms. The zero-order valence-corrected chi connectivity index (χ0v) is 17.5. The summed E-state index contributed by atoms with van der Waals surface area (Å²) in [5, 5.41) is 38.0. The minimum absolute atomic E-state index is 0.0163. The Morgan fingerprint density at radius 2 is 1.71 bits per heavy atom. The Labute approximate surface area is 181 Å². The van der Waals surface area contributed by atoms with E-state index in [0.717, 1.165) is 41.6 Å². The monoisotopic (exact) mass is 420 g/mol. The number of benzene rings is 3. The summed E-state index contributed by atoms with van der Waals surface area (Å²) in [6.45, 7) is 1.62. The average molecular weight is 421 g/mol. The summed E-state index contributed by atoms with van der Waals surface area (Å²) in [6, 6.07) is 14.9. The summed E-state index contributed by atoms with van der Waals surface area (Å²) in [6.07, 6.45) is 2.66. The van der Waals surface area contributed by atoms with Gasteiger partial charge in [0.2, 0.25) is 0 Å². The number of nitrogens with two attached hydrogens (primary N) is 1. The second kappa shape index (κ2) is 8.49. The second-order valence-electron chi connectivity index (χ2n) is 8.16. The first-order valence-electron chi connectivity index (χ1n) is 10.5. The number of fused-ring (bicyclic) bond motifs is 2. The van der Waals surface area contributed by atoms with Gasteiger partial charge >= 0.3 is 0 Å². The smallest absolute Gasteiger partial charge is 0.165 e. The molecular formula is C25H28N2O4. The van der Waals surface area contributed by atoms with Crippen molar-refractivity contribution in [3.05, 3.63) is 70.8 Å². The number of phenolic OH excluding ortho intramolecular Hbond substituents is 4. The lowest BCUT2D eigenvalue weighted by Crippen LogP contribution is -2.35. The zero-order valence-electron chi connectivity index (χ0n) is 17.5. The number of phenols is 4. The molecule has 6 heteroatoms. The summed E-state index contributed by atoms with van der Waals surface area (Å²) < 4.78 is 0. The van der Waals surface area contributed by atoms with E-state index in [-0.39, 0.29) is 23.0 Å². The van der Waals surface area contributed by atoms with Crippen molar-refractivity contribution in [2.75, 3.05) is 20.1 Å². The molecule has 1 aliphatic carbocycles. The molecule has 1 aliphatic heterocycles. The van der Waals surface area contributed by atoms with Crippen LogP contribution < -0.4 is 5.73 Å². The van der Waals surface area contributed by atoms with Crippen molar-refractivity contribution >= 4 is 0 Å². The number of nitrogens with zero attached hydrogens (tertiary/aromatic N) is 1. The Hall–Kier alpha value is -3.22. The van der Waals surface area contributed by atoms with Gasteiger partial charge < -0.3 is 26.2 Å². The van der Waals surface area contributed by atoms with Crippen LogP contribution in [0.1, 0.15) is 28.3 Å². The van der Waals surface area contributed by atoms with E-state index in [1.165, 1.54) is 23.3 Å². The fourth-order valence-corrected chi connectivity index (χ4v) is 4.57. The lowest BCUT2D eigenvalue weighted by atomic mass is 9.77. The van der Waals surface area contributed by atoms with Gasteiger partial charge in [0.25, 0.3) is 0 Å². The first-order chi connectivity index (χ1) is 14.9. The molecule has 1 atom stereocenters. The summed E-state index contributed by atoms with van der Waals surface area (Å²) in [5.41, 5.74) is 11.9. The van der Waals surface area contributed by atoms with Gasteiger partial charge in [-0.3, -0.25) is 4.90 Å². The minimum atomic E-state index is -0.0919. The molecule has 0 radical (unpaired) electrons. The van der Waals surface area contributed by atoms with Gasteiger partial charge in [0.1, 0.15) is 0 Å². The fraction of sp³-hybridized carbons (Fsp3) is 0.280. The molecule has 6 N–H and O–H groups in total. The zero-order chi connectivity index (χ0) is 22.1. The number of hydrogen-bond acceptors (Lipinski definition) is 6. The Morgan fingerprint density at radius 3 is 2.45 bits per heavy atom. The van der Waals surface area contributed by atoms with Crippen molar-refractivity contribution in [1.29, 1.82) is 0 Å². The maximum Gasteiger partial charge on any atom is 0.165 e. The van der Waals surface area contributed by atoms with Crippen LogP contribution in [0.25, 0.3) is 11.1 Å². The largest absolute Gasteiger partial charge is 0.504 e. The van der Waals surface area contributed by atoms with Crippen molar-refractivity contribution in [3.63, 3.8) is 0 Å². The molecule has 31 heavy (non-hydrogen) atoms. The predicted octanol–water partition coefficient (Wildman–Crippen LogP) is 3.45. The van der Waals surface area contributed by atoms with E-state index in [2.05, 4.69) is 30.1 Å². The minimum Gasteiger partial charge on any atom is -0.504 e.